The summed E-state index contributed by atoms with van der Waals surface area (Å²) < 4.78 is 12.4. The Labute approximate surface area is 178 Å². The smallest absolute Gasteiger partial charge is 0.261 e. The van der Waals surface area contributed by atoms with E-state index < -0.39 is 11.8 Å². The Hall–Kier alpha value is -4.14. The topological polar surface area (TPSA) is 103 Å². The van der Waals surface area contributed by atoms with E-state index in [1.165, 1.54) is 25.2 Å². The minimum atomic E-state index is -0.426. The predicted octanol–water partition coefficient (Wildman–Crippen LogP) is 2.43. The molecule has 1 aromatic heterocycles. The molecule has 0 fully saturated rings. The normalized spacial score (nSPS) is 12.7. The lowest BCUT2D eigenvalue weighted by molar-refractivity contribution is 0.0693. The van der Waals surface area contributed by atoms with Gasteiger partial charge in [-0.1, -0.05) is 12.1 Å². The van der Waals surface area contributed by atoms with Crippen molar-refractivity contribution in [1.82, 2.24) is 14.7 Å². The molecule has 3 aromatic rings. The number of rotatable bonds is 6. The average Bonchev–Trinajstić information content (AvgIpc) is 3.31. The molecule has 0 aliphatic carbocycles. The minimum Gasteiger partial charge on any atom is -0.493 e. The van der Waals surface area contributed by atoms with Crippen molar-refractivity contribution >= 4 is 23.5 Å². The summed E-state index contributed by atoms with van der Waals surface area (Å²) >= 11 is 0. The van der Waals surface area contributed by atoms with Gasteiger partial charge in [-0.25, -0.2) is 4.68 Å². The van der Waals surface area contributed by atoms with Crippen molar-refractivity contribution in [3.63, 3.8) is 0 Å². The summed E-state index contributed by atoms with van der Waals surface area (Å²) in [6.45, 7) is 0.338. The summed E-state index contributed by atoms with van der Waals surface area (Å²) in [6.07, 6.45) is 1.57. The third-order valence-corrected chi connectivity index (χ3v) is 5.11. The molecule has 2 heterocycles. The van der Waals surface area contributed by atoms with Gasteiger partial charge >= 0.3 is 0 Å². The summed E-state index contributed by atoms with van der Waals surface area (Å²) in [6, 6.07) is 11.6. The quantitative estimate of drug-likeness (QED) is 0.615. The fraction of sp³-hybridized carbons (Fsp3) is 0.182. The van der Waals surface area contributed by atoms with Gasteiger partial charge < -0.3 is 14.8 Å². The van der Waals surface area contributed by atoms with Crippen LogP contribution in [0.5, 0.6) is 11.5 Å². The molecule has 0 unspecified atom stereocenters. The van der Waals surface area contributed by atoms with Crippen LogP contribution in [-0.4, -0.2) is 53.7 Å². The molecule has 1 aliphatic heterocycles. The molecule has 0 saturated heterocycles. The molecule has 4 rings (SSSR count). The summed E-state index contributed by atoms with van der Waals surface area (Å²) in [5.41, 5.74) is 1.60. The molecular formula is C22H20N4O5. The van der Waals surface area contributed by atoms with Crippen LogP contribution in [0.15, 0.2) is 48.7 Å². The second kappa shape index (κ2) is 7.94. The minimum absolute atomic E-state index is 0.217. The fourth-order valence-corrected chi connectivity index (χ4v) is 3.50. The van der Waals surface area contributed by atoms with Crippen LogP contribution in [-0.2, 0) is 6.54 Å². The van der Waals surface area contributed by atoms with Crippen LogP contribution in [0, 0.1) is 0 Å². The Bertz CT molecular complexity index is 1200. The van der Waals surface area contributed by atoms with E-state index in [1.807, 2.05) is 12.1 Å². The Balaban J connectivity index is 1.57. The Kier molecular flexibility index (Phi) is 5.16. The Morgan fingerprint density at radius 1 is 1.03 bits per heavy atom. The maximum Gasteiger partial charge on any atom is 0.261 e. The number of imide groups is 1. The lowest BCUT2D eigenvalue weighted by atomic mass is 10.1. The molecule has 9 nitrogen and oxygen atoms in total. The number of hydrogen-bond acceptors (Lipinski definition) is 6. The highest BCUT2D eigenvalue weighted by Crippen LogP contribution is 2.31. The maximum absolute atomic E-state index is 12.8. The van der Waals surface area contributed by atoms with Gasteiger partial charge in [-0.3, -0.25) is 19.3 Å². The summed E-state index contributed by atoms with van der Waals surface area (Å²) in [7, 11) is 4.54. The molecule has 31 heavy (non-hydrogen) atoms. The van der Waals surface area contributed by atoms with Crippen molar-refractivity contribution in [3.8, 4) is 11.5 Å². The Morgan fingerprint density at radius 2 is 1.81 bits per heavy atom. The maximum atomic E-state index is 12.8. The molecule has 0 atom stereocenters. The van der Waals surface area contributed by atoms with E-state index in [-0.39, 0.29) is 17.0 Å². The SMILES string of the molecule is COc1cccc(Cn2nccc2NC(=O)c2ccc3c(c2)C(=O)N(C)C3=O)c1OC. The molecule has 2 aromatic carbocycles. The van der Waals surface area contributed by atoms with Crippen LogP contribution < -0.4 is 14.8 Å². The number of nitrogens with one attached hydrogen (secondary N) is 1. The highest BCUT2D eigenvalue weighted by molar-refractivity contribution is 6.22. The van der Waals surface area contributed by atoms with Crippen LogP contribution in [0.2, 0.25) is 0 Å². The van der Waals surface area contributed by atoms with Crippen LogP contribution in [0.4, 0.5) is 5.82 Å². The molecule has 1 N–H and O–H groups in total. The number of aromatic nitrogens is 2. The number of para-hydroxylation sites is 1. The van der Waals surface area contributed by atoms with Crippen LogP contribution in [0.25, 0.3) is 0 Å². The van der Waals surface area contributed by atoms with Gasteiger partial charge in [0.25, 0.3) is 17.7 Å². The van der Waals surface area contributed by atoms with Gasteiger partial charge in [0.1, 0.15) is 5.82 Å². The van der Waals surface area contributed by atoms with Crippen LogP contribution in [0.1, 0.15) is 36.6 Å². The molecule has 3 amide bonds. The molecule has 0 radical (unpaired) electrons. The number of amides is 3. The number of hydrogen-bond donors (Lipinski definition) is 1. The number of methoxy groups -OCH3 is 2. The third-order valence-electron chi connectivity index (χ3n) is 5.11. The van der Waals surface area contributed by atoms with Gasteiger partial charge in [0.05, 0.1) is 38.1 Å². The Morgan fingerprint density at radius 3 is 2.55 bits per heavy atom. The van der Waals surface area contributed by atoms with Crippen molar-refractivity contribution < 1.29 is 23.9 Å². The zero-order valence-corrected chi connectivity index (χ0v) is 17.2. The van der Waals surface area contributed by atoms with Crippen molar-refractivity contribution in [3.05, 3.63) is 70.9 Å². The lowest BCUT2D eigenvalue weighted by Crippen LogP contribution is -2.24. The van der Waals surface area contributed by atoms with E-state index in [9.17, 15) is 14.4 Å². The highest BCUT2D eigenvalue weighted by atomic mass is 16.5. The second-order valence-corrected chi connectivity index (χ2v) is 6.91. The molecule has 1 aliphatic rings. The highest BCUT2D eigenvalue weighted by Gasteiger charge is 2.33. The van der Waals surface area contributed by atoms with Gasteiger partial charge in [-0.15, -0.1) is 0 Å². The first-order valence-electron chi connectivity index (χ1n) is 9.44. The zero-order valence-electron chi connectivity index (χ0n) is 17.2. The molecular weight excluding hydrogens is 400 g/mol. The van der Waals surface area contributed by atoms with E-state index in [0.29, 0.717) is 29.4 Å². The molecule has 158 valence electrons. The van der Waals surface area contributed by atoms with E-state index in [0.717, 1.165) is 10.5 Å². The summed E-state index contributed by atoms with van der Waals surface area (Å²) in [4.78, 5) is 38.1. The van der Waals surface area contributed by atoms with Gasteiger partial charge in [0.2, 0.25) is 0 Å². The van der Waals surface area contributed by atoms with Crippen molar-refractivity contribution in [1.29, 1.82) is 0 Å². The molecule has 0 bridgehead atoms. The third kappa shape index (κ3) is 3.50. The van der Waals surface area contributed by atoms with Crippen LogP contribution in [0.3, 0.4) is 0 Å². The van der Waals surface area contributed by atoms with E-state index in [2.05, 4.69) is 10.4 Å². The van der Waals surface area contributed by atoms with Crippen molar-refractivity contribution in [2.45, 2.75) is 6.54 Å². The van der Waals surface area contributed by atoms with E-state index in [1.54, 1.807) is 37.2 Å². The lowest BCUT2D eigenvalue weighted by Gasteiger charge is -2.14. The van der Waals surface area contributed by atoms with Crippen molar-refractivity contribution in [2.75, 3.05) is 26.6 Å². The summed E-state index contributed by atoms with van der Waals surface area (Å²) in [5.74, 6) is 0.428. The van der Waals surface area contributed by atoms with Gasteiger partial charge in [0, 0.05) is 24.2 Å². The second-order valence-electron chi connectivity index (χ2n) is 6.91. The van der Waals surface area contributed by atoms with Gasteiger partial charge in [-0.2, -0.15) is 5.10 Å². The fourth-order valence-electron chi connectivity index (χ4n) is 3.50. The summed E-state index contributed by atoms with van der Waals surface area (Å²) in [5, 5.41) is 7.08. The number of anilines is 1. The van der Waals surface area contributed by atoms with Crippen molar-refractivity contribution in [2.24, 2.45) is 0 Å². The molecule has 0 saturated carbocycles. The largest absolute Gasteiger partial charge is 0.493 e. The number of carbonyl (C=O) groups excluding carboxylic acids is 3. The monoisotopic (exact) mass is 420 g/mol. The first-order chi connectivity index (χ1) is 14.9. The number of carbonyl (C=O) groups is 3. The van der Waals surface area contributed by atoms with Gasteiger partial charge in [-0.05, 0) is 24.3 Å². The number of fused-ring (bicyclic) bond motifs is 1. The number of nitrogens with zero attached hydrogens (tertiary/aromatic N) is 3. The molecule has 9 heteroatoms. The number of ether oxygens (including phenoxy) is 2. The van der Waals surface area contributed by atoms with E-state index in [4.69, 9.17) is 9.47 Å². The standard InChI is InChI=1S/C22H20N4O5/c1-25-21(28)15-8-7-13(11-16(15)22(25)29)20(27)24-18-9-10-23-26(18)12-14-5-4-6-17(30-2)19(14)31-3/h4-11H,12H2,1-3H3,(H,24,27). The average molecular weight is 420 g/mol. The predicted molar refractivity (Wildman–Crippen MR) is 112 cm³/mol. The number of benzene rings is 2. The molecule has 0 spiro atoms. The van der Waals surface area contributed by atoms with Crippen LogP contribution >= 0.6 is 0 Å². The van der Waals surface area contributed by atoms with Gasteiger partial charge in [0.15, 0.2) is 11.5 Å². The zero-order chi connectivity index (χ0) is 22.1. The van der Waals surface area contributed by atoms with E-state index >= 15 is 0 Å². The first-order valence-corrected chi connectivity index (χ1v) is 9.44. The first kappa shape index (κ1) is 20.1.